The number of benzene rings is 3. The molecule has 0 aliphatic rings. The molecule has 0 saturated heterocycles. The Morgan fingerprint density at radius 2 is 1.74 bits per heavy atom. The first kappa shape index (κ1) is 24.2. The monoisotopic (exact) mass is 489 g/mol. The summed E-state index contributed by atoms with van der Waals surface area (Å²) < 4.78 is 33.4. The second-order valence-electron chi connectivity index (χ2n) is 8.05. The van der Waals surface area contributed by atoms with Gasteiger partial charge in [0.05, 0.1) is 16.3 Å². The Morgan fingerprint density at radius 1 is 1.00 bits per heavy atom. The topological polar surface area (TPSA) is 92.5 Å². The molecule has 0 atom stereocenters. The van der Waals surface area contributed by atoms with Crippen LogP contribution in [-0.4, -0.2) is 32.4 Å². The minimum Gasteiger partial charge on any atom is -0.444 e. The fourth-order valence-electron chi connectivity index (χ4n) is 3.67. The van der Waals surface area contributed by atoms with E-state index in [2.05, 4.69) is 10.3 Å². The van der Waals surface area contributed by atoms with Crippen molar-refractivity contribution in [1.29, 1.82) is 0 Å². The molecule has 8 heteroatoms. The molecule has 0 saturated carbocycles. The van der Waals surface area contributed by atoms with E-state index in [1.165, 1.54) is 16.4 Å². The van der Waals surface area contributed by atoms with Crippen molar-refractivity contribution in [2.45, 2.75) is 25.2 Å². The maximum absolute atomic E-state index is 13.3. The predicted molar refractivity (Wildman–Crippen MR) is 136 cm³/mol. The molecule has 0 aliphatic heterocycles. The third-order valence-electron chi connectivity index (χ3n) is 5.53. The number of hydrogen-bond donors (Lipinski definition) is 1. The van der Waals surface area contributed by atoms with E-state index in [1.807, 2.05) is 37.3 Å². The van der Waals surface area contributed by atoms with Crippen LogP contribution in [-0.2, 0) is 16.4 Å². The molecule has 0 aliphatic carbocycles. The summed E-state index contributed by atoms with van der Waals surface area (Å²) in [6.07, 6.45) is 2.06. The first-order valence-corrected chi connectivity index (χ1v) is 12.8. The summed E-state index contributed by atoms with van der Waals surface area (Å²) in [4.78, 5) is 17.3. The first-order chi connectivity index (χ1) is 16.9. The van der Waals surface area contributed by atoms with Crippen LogP contribution in [0.5, 0.6) is 0 Å². The molecule has 4 aromatic rings. The van der Waals surface area contributed by atoms with Gasteiger partial charge >= 0.3 is 0 Å². The highest BCUT2D eigenvalue weighted by Gasteiger charge is 2.24. The van der Waals surface area contributed by atoms with Crippen molar-refractivity contribution < 1.29 is 17.6 Å². The highest BCUT2D eigenvalue weighted by atomic mass is 32.2. The summed E-state index contributed by atoms with van der Waals surface area (Å²) in [6, 6.07) is 22.9. The molecule has 0 radical (unpaired) electrons. The van der Waals surface area contributed by atoms with Crippen molar-refractivity contribution in [2.75, 3.05) is 17.4 Å². The molecule has 0 spiro atoms. The number of carbonyl (C=O) groups is 1. The first-order valence-electron chi connectivity index (χ1n) is 11.4. The number of oxazole rings is 1. The fourth-order valence-corrected chi connectivity index (χ4v) is 5.19. The summed E-state index contributed by atoms with van der Waals surface area (Å²) >= 11 is 0. The lowest BCUT2D eigenvalue weighted by atomic mass is 10.1. The van der Waals surface area contributed by atoms with Crippen molar-refractivity contribution in [3.63, 3.8) is 0 Å². The Bertz CT molecular complexity index is 1400. The van der Waals surface area contributed by atoms with E-state index in [1.54, 1.807) is 49.6 Å². The van der Waals surface area contributed by atoms with Crippen molar-refractivity contribution in [3.05, 3.63) is 102 Å². The highest BCUT2D eigenvalue weighted by molar-refractivity contribution is 7.92. The molecule has 4 rings (SSSR count). The number of aromatic nitrogens is 1. The lowest BCUT2D eigenvalue weighted by molar-refractivity contribution is 0.0954. The van der Waals surface area contributed by atoms with Gasteiger partial charge in [0.1, 0.15) is 6.26 Å². The molecule has 35 heavy (non-hydrogen) atoms. The molecule has 1 heterocycles. The fraction of sp³-hybridized carbons (Fsp3) is 0.185. The molecular formula is C27H27N3O4S. The number of anilines is 1. The van der Waals surface area contributed by atoms with E-state index < -0.39 is 10.0 Å². The normalized spacial score (nSPS) is 11.3. The Balaban J connectivity index is 1.41. The van der Waals surface area contributed by atoms with Crippen LogP contribution >= 0.6 is 0 Å². The molecule has 1 amide bonds. The largest absolute Gasteiger partial charge is 0.444 e. The minimum absolute atomic E-state index is 0.0649. The number of nitrogens with zero attached hydrogens (tertiary/aromatic N) is 2. The zero-order chi connectivity index (χ0) is 24.8. The van der Waals surface area contributed by atoms with Gasteiger partial charge in [0.25, 0.3) is 15.9 Å². The molecule has 0 fully saturated rings. The van der Waals surface area contributed by atoms with Gasteiger partial charge in [-0.1, -0.05) is 42.0 Å². The van der Waals surface area contributed by atoms with Crippen molar-refractivity contribution >= 4 is 21.6 Å². The van der Waals surface area contributed by atoms with E-state index in [4.69, 9.17) is 4.42 Å². The van der Waals surface area contributed by atoms with E-state index in [0.29, 0.717) is 24.5 Å². The van der Waals surface area contributed by atoms with Crippen LogP contribution in [0.25, 0.3) is 11.5 Å². The molecule has 1 aromatic heterocycles. The van der Waals surface area contributed by atoms with Crippen LogP contribution in [0, 0.1) is 6.92 Å². The van der Waals surface area contributed by atoms with Gasteiger partial charge in [-0.15, -0.1) is 0 Å². The molecule has 7 nitrogen and oxygen atoms in total. The second-order valence-corrected chi connectivity index (χ2v) is 9.91. The molecule has 0 bridgehead atoms. The number of amides is 1. The average Bonchev–Trinajstić information content (AvgIpc) is 3.34. The molecule has 3 aromatic carbocycles. The molecule has 1 N–H and O–H groups in total. The standard InChI is InChI=1S/C27H27N3O4S/c1-3-30(24-9-5-4-6-10-24)35(32,33)25-11-7-8-22(18-25)26(31)28-17-16-23-19-34-27(29-23)21-14-12-20(2)13-15-21/h4-15,18-19H,3,16-17H2,1-2H3,(H,28,31). The van der Waals surface area contributed by atoms with Gasteiger partial charge in [0, 0.05) is 30.6 Å². The molecular weight excluding hydrogens is 462 g/mol. The van der Waals surface area contributed by atoms with Gasteiger partial charge in [-0.05, 0) is 56.3 Å². The van der Waals surface area contributed by atoms with Gasteiger partial charge in [0.2, 0.25) is 5.89 Å². The van der Waals surface area contributed by atoms with Crippen molar-refractivity contribution in [3.8, 4) is 11.5 Å². The van der Waals surface area contributed by atoms with Gasteiger partial charge in [-0.2, -0.15) is 0 Å². The maximum atomic E-state index is 13.3. The number of nitrogens with one attached hydrogen (secondary N) is 1. The zero-order valence-corrected chi connectivity index (χ0v) is 20.5. The summed E-state index contributed by atoms with van der Waals surface area (Å²) in [5.41, 5.74) is 3.61. The van der Waals surface area contributed by atoms with Gasteiger partial charge in [0.15, 0.2) is 0 Å². The number of aryl methyl sites for hydroxylation is 1. The highest BCUT2D eigenvalue weighted by Crippen LogP contribution is 2.24. The zero-order valence-electron chi connectivity index (χ0n) is 19.6. The lowest BCUT2D eigenvalue weighted by Crippen LogP contribution is -2.31. The van der Waals surface area contributed by atoms with E-state index >= 15 is 0 Å². The minimum atomic E-state index is -3.82. The van der Waals surface area contributed by atoms with Gasteiger partial charge < -0.3 is 9.73 Å². The second kappa shape index (κ2) is 10.6. The maximum Gasteiger partial charge on any atom is 0.264 e. The Morgan fingerprint density at radius 3 is 2.46 bits per heavy atom. The Labute approximate surface area is 205 Å². The average molecular weight is 490 g/mol. The number of rotatable bonds is 9. The predicted octanol–water partition coefficient (Wildman–Crippen LogP) is 4.84. The SMILES string of the molecule is CCN(c1ccccc1)S(=O)(=O)c1cccc(C(=O)NCCc2coc(-c3ccc(C)cc3)n2)c1. The van der Waals surface area contributed by atoms with Crippen LogP contribution in [0.2, 0.25) is 0 Å². The lowest BCUT2D eigenvalue weighted by Gasteiger charge is -2.23. The quantitative estimate of drug-likeness (QED) is 0.363. The molecule has 180 valence electrons. The summed E-state index contributed by atoms with van der Waals surface area (Å²) in [6.45, 7) is 4.39. The van der Waals surface area contributed by atoms with Crippen LogP contribution in [0.3, 0.4) is 0 Å². The Kier molecular flexibility index (Phi) is 7.31. The van der Waals surface area contributed by atoms with Crippen molar-refractivity contribution in [1.82, 2.24) is 10.3 Å². The third kappa shape index (κ3) is 5.60. The van der Waals surface area contributed by atoms with Crippen LogP contribution in [0.1, 0.15) is 28.5 Å². The summed E-state index contributed by atoms with van der Waals surface area (Å²) in [5, 5.41) is 2.83. The van der Waals surface area contributed by atoms with Gasteiger partial charge in [-0.3, -0.25) is 9.10 Å². The third-order valence-corrected chi connectivity index (χ3v) is 7.43. The van der Waals surface area contributed by atoms with Crippen LogP contribution < -0.4 is 9.62 Å². The number of hydrogen-bond acceptors (Lipinski definition) is 5. The smallest absolute Gasteiger partial charge is 0.264 e. The van der Waals surface area contributed by atoms with Crippen molar-refractivity contribution in [2.24, 2.45) is 0 Å². The van der Waals surface area contributed by atoms with Crippen LogP contribution in [0.4, 0.5) is 5.69 Å². The van der Waals surface area contributed by atoms with Gasteiger partial charge in [-0.25, -0.2) is 13.4 Å². The summed E-state index contributed by atoms with van der Waals surface area (Å²) in [5.74, 6) is 0.176. The Hall–Kier alpha value is -3.91. The molecule has 0 unspecified atom stereocenters. The van der Waals surface area contributed by atoms with E-state index in [0.717, 1.165) is 16.8 Å². The number of carbonyl (C=O) groups excluding carboxylic acids is 1. The number of para-hydroxylation sites is 1. The van der Waals surface area contributed by atoms with Crippen LogP contribution in [0.15, 0.2) is 94.4 Å². The summed E-state index contributed by atoms with van der Waals surface area (Å²) in [7, 11) is -3.82. The number of sulfonamides is 1. The van der Waals surface area contributed by atoms with E-state index in [9.17, 15) is 13.2 Å². The van der Waals surface area contributed by atoms with E-state index in [-0.39, 0.29) is 22.9 Å².